The van der Waals surface area contributed by atoms with Crippen molar-refractivity contribution in [2.24, 2.45) is 53.3 Å². The fourth-order valence-electron chi connectivity index (χ4n) is 17.6. The lowest BCUT2D eigenvalue weighted by Crippen LogP contribution is -2.49. The summed E-state index contributed by atoms with van der Waals surface area (Å²) in [4.78, 5) is 70.5. The number of rotatable bonds is 24. The lowest BCUT2D eigenvalue weighted by atomic mass is 9.81. The van der Waals surface area contributed by atoms with Crippen LogP contribution in [0, 0.1) is 53.3 Å². The Morgan fingerprint density at radius 3 is 1.04 bits per heavy atom. The number of benzene rings is 6. The molecule has 17 heteroatoms. The van der Waals surface area contributed by atoms with Crippen LogP contribution in [0.25, 0.3) is 0 Å². The maximum Gasteiger partial charge on any atom is 0.308 e. The predicted octanol–water partition coefficient (Wildman–Crippen LogP) is 17.2. The second kappa shape index (κ2) is 47.7. The minimum absolute atomic E-state index is 0. The quantitative estimate of drug-likeness (QED) is 0.0310. The third-order valence-electron chi connectivity index (χ3n) is 24.1. The van der Waals surface area contributed by atoms with E-state index < -0.39 is 29.8 Å². The van der Waals surface area contributed by atoms with Gasteiger partial charge in [0.1, 0.15) is 0 Å². The van der Waals surface area contributed by atoms with Crippen LogP contribution in [0.4, 0.5) is 0 Å². The van der Waals surface area contributed by atoms with Crippen LogP contribution < -0.4 is 0 Å². The minimum Gasteiger partial charge on any atom is -0.513 e. The molecule has 12 unspecified atom stereocenters. The van der Waals surface area contributed by atoms with Crippen LogP contribution in [0.15, 0.2) is 194 Å². The molecule has 620 valence electrons. The van der Waals surface area contributed by atoms with Gasteiger partial charge in [-0.05, 0) is 231 Å². The number of carboxylic acids is 5. The summed E-state index contributed by atoms with van der Waals surface area (Å²) < 4.78 is 0. The maximum absolute atomic E-state index is 11.5. The van der Waals surface area contributed by atoms with Gasteiger partial charge in [0, 0.05) is 106 Å². The molecule has 6 aliphatic rings. The predicted molar refractivity (Wildman–Crippen MR) is 458 cm³/mol. The first-order chi connectivity index (χ1) is 53.4. The molecule has 0 amide bonds. The summed E-state index contributed by atoms with van der Waals surface area (Å²) >= 11 is 0. The summed E-state index contributed by atoms with van der Waals surface area (Å²) in [5, 5.41) is 56.1. The van der Waals surface area contributed by atoms with E-state index in [1.54, 1.807) is 0 Å². The van der Waals surface area contributed by atoms with Gasteiger partial charge in [-0.2, -0.15) is 0 Å². The molecule has 0 saturated carbocycles. The fourth-order valence-corrected chi connectivity index (χ4v) is 17.6. The highest BCUT2D eigenvalue weighted by atomic mass is 16.4. The molecule has 6 saturated heterocycles. The summed E-state index contributed by atoms with van der Waals surface area (Å²) in [6.45, 7) is 37.0. The molecule has 0 radical (unpaired) electrons. The zero-order chi connectivity index (χ0) is 81.6. The van der Waals surface area contributed by atoms with Crippen LogP contribution in [0.3, 0.4) is 0 Å². The number of likely N-dealkylation sites (tertiary alicyclic amines) is 6. The van der Waals surface area contributed by atoms with Gasteiger partial charge < -0.3 is 35.5 Å². The van der Waals surface area contributed by atoms with Crippen molar-refractivity contribution in [2.45, 2.75) is 228 Å². The average Bonchev–Trinajstić information content (AvgIpc) is 1.78. The summed E-state index contributed by atoms with van der Waals surface area (Å²) in [5.41, 5.74) is 7.80. The number of aliphatic hydroxyl groups is 1. The molecule has 0 aromatic heterocycles. The van der Waals surface area contributed by atoms with Crippen LogP contribution in [0.1, 0.15) is 169 Å². The van der Waals surface area contributed by atoms with Crippen molar-refractivity contribution in [3.8, 4) is 0 Å². The van der Waals surface area contributed by atoms with Crippen molar-refractivity contribution in [2.75, 3.05) is 58.9 Å². The lowest BCUT2D eigenvalue weighted by Gasteiger charge is -2.42. The Bertz CT molecular complexity index is 3720. The van der Waals surface area contributed by atoms with Gasteiger partial charge in [-0.3, -0.25) is 48.5 Å². The minimum atomic E-state index is -0.656. The van der Waals surface area contributed by atoms with Crippen LogP contribution in [-0.2, 0) is 62.5 Å². The standard InChI is InChI=1S/C17H25NO.3C16H23NO2.2C15H21NO2.CH4/c1-13(2)18-10-9-16(14(3)19)12-17(18)11-15-7-5-4-6-8-15;1-12(2)17-10-14(9-15(11-17)16(18)19)8-13-6-4-3-5-7-13;1-12(2)17-11-14(16(18)19)8-9-15(17)10-13-6-4-3-5-7-13;1-12(2)17-9-8-14(15(11-17)16(18)19)10-13-6-4-3-5-7-13;1-11(2)16-10-13(15(17)18)9-14(16)8-12-6-4-3-5-7-12;1-11(2)16-9-13(14(10-16)15(17)18)8-12-6-4-3-5-7-12;/h4-8,13,16-17,19H,3,9-12H2,1-2H3;3*3-7,12,14-15H,8-11H2,1-2H3,(H,18,19);2*3-7,11,13-14H,8-10H2,1-2H3,(H,17,18);1H4. The number of allylic oxidation sites excluding steroid dienone is 1. The summed E-state index contributed by atoms with van der Waals surface area (Å²) in [7, 11) is 0. The highest BCUT2D eigenvalue weighted by Gasteiger charge is 2.41. The molecule has 12 atom stereocenters. The first-order valence-corrected chi connectivity index (χ1v) is 41.7. The first-order valence-electron chi connectivity index (χ1n) is 41.7. The second-order valence-electron chi connectivity index (χ2n) is 34.1. The molecule has 6 aliphatic heterocycles. The van der Waals surface area contributed by atoms with E-state index in [0.717, 1.165) is 110 Å². The Morgan fingerprint density at radius 1 is 0.310 bits per heavy atom. The maximum atomic E-state index is 11.5. The van der Waals surface area contributed by atoms with E-state index in [1.807, 2.05) is 78.9 Å². The third-order valence-corrected chi connectivity index (χ3v) is 24.1. The highest BCUT2D eigenvalue weighted by molar-refractivity contribution is 5.72. The number of carbonyl (C=O) groups is 5. The third kappa shape index (κ3) is 30.9. The SMILES string of the molecule is C.C=C(O)C1CCN(C(C)C)C(Cc2ccccc2)C1.CC(C)N1CC(C(=O)O)CC1Cc1ccccc1.CC(C)N1CC(C(=O)O)CCC1Cc1ccccc1.CC(C)N1CC(Cc2ccccc2)C(C(=O)O)C1.CC(C)N1CC(Cc2ccccc2)CC(C(=O)O)C1.CC(C)N1CCC(Cc2ccccc2)C(C(=O)O)C1. The summed E-state index contributed by atoms with van der Waals surface area (Å²) in [5.74, 6) is -2.79. The van der Waals surface area contributed by atoms with E-state index in [-0.39, 0.29) is 54.8 Å². The average molecular weight is 1550 g/mol. The molecular formula is C96H140N6O11. The molecule has 0 bridgehead atoms. The Labute approximate surface area is 678 Å². The number of aliphatic hydroxyl groups excluding tert-OH is 1. The van der Waals surface area contributed by atoms with Crippen LogP contribution in [0.5, 0.6) is 0 Å². The van der Waals surface area contributed by atoms with E-state index in [2.05, 4.69) is 222 Å². The molecule has 113 heavy (non-hydrogen) atoms. The number of piperidine rings is 4. The summed E-state index contributed by atoms with van der Waals surface area (Å²) in [6, 6.07) is 66.2. The smallest absolute Gasteiger partial charge is 0.308 e. The molecule has 0 aliphatic carbocycles. The number of nitrogens with zero attached hydrogens (tertiary/aromatic N) is 6. The van der Waals surface area contributed by atoms with E-state index in [4.69, 9.17) is 0 Å². The zero-order valence-corrected chi connectivity index (χ0v) is 69.4. The van der Waals surface area contributed by atoms with Gasteiger partial charge in [0.2, 0.25) is 0 Å². The number of carboxylic acid groups (broad SMARTS) is 5. The van der Waals surface area contributed by atoms with Gasteiger partial charge in [0.15, 0.2) is 0 Å². The lowest BCUT2D eigenvalue weighted by molar-refractivity contribution is -0.147. The molecular weight excluding hydrogens is 1410 g/mol. The first kappa shape index (κ1) is 93.8. The van der Waals surface area contributed by atoms with E-state index in [9.17, 15) is 54.6 Å². The molecule has 6 N–H and O–H groups in total. The Kier molecular flexibility index (Phi) is 39.6. The number of hydrogen-bond donors (Lipinski definition) is 6. The van der Waals surface area contributed by atoms with Gasteiger partial charge in [-0.1, -0.05) is 196 Å². The van der Waals surface area contributed by atoms with Gasteiger partial charge in [0.05, 0.1) is 35.3 Å². The van der Waals surface area contributed by atoms with Crippen molar-refractivity contribution in [3.63, 3.8) is 0 Å². The van der Waals surface area contributed by atoms with E-state index >= 15 is 0 Å². The van der Waals surface area contributed by atoms with Crippen LogP contribution in [-0.4, -0.2) is 203 Å². The van der Waals surface area contributed by atoms with Gasteiger partial charge in [-0.15, -0.1) is 0 Å². The molecule has 6 aromatic rings. The van der Waals surface area contributed by atoms with Crippen molar-refractivity contribution < 1.29 is 54.6 Å². The number of aliphatic carboxylic acids is 5. The van der Waals surface area contributed by atoms with Crippen LogP contribution in [0.2, 0.25) is 0 Å². The Balaban J connectivity index is 0.000000211. The second-order valence-corrected chi connectivity index (χ2v) is 34.1. The largest absolute Gasteiger partial charge is 0.513 e. The van der Waals surface area contributed by atoms with Gasteiger partial charge in [0.25, 0.3) is 0 Å². The van der Waals surface area contributed by atoms with Gasteiger partial charge >= 0.3 is 29.8 Å². The fraction of sp³-hybridized carbons (Fsp3) is 0.552. The monoisotopic (exact) mass is 1550 g/mol. The molecule has 12 rings (SSSR count). The Hall–Kier alpha value is -8.03. The molecule has 0 spiro atoms. The van der Waals surface area contributed by atoms with Crippen LogP contribution >= 0.6 is 0 Å². The molecule has 6 fully saturated rings. The van der Waals surface area contributed by atoms with Gasteiger partial charge in [-0.25, -0.2) is 0 Å². The number of hydrogen-bond acceptors (Lipinski definition) is 12. The van der Waals surface area contributed by atoms with Crippen molar-refractivity contribution in [1.82, 2.24) is 29.4 Å². The van der Waals surface area contributed by atoms with Crippen molar-refractivity contribution >= 4 is 29.8 Å². The Morgan fingerprint density at radius 2 is 0.646 bits per heavy atom. The normalized spacial score (nSPS) is 24.4. The topological polar surface area (TPSA) is 226 Å². The van der Waals surface area contributed by atoms with Crippen molar-refractivity contribution in [1.29, 1.82) is 0 Å². The van der Waals surface area contributed by atoms with E-state index in [0.29, 0.717) is 98.8 Å². The molecule has 17 nitrogen and oxygen atoms in total. The molecule has 6 heterocycles. The molecule has 6 aromatic carbocycles. The zero-order valence-electron chi connectivity index (χ0n) is 69.4. The summed E-state index contributed by atoms with van der Waals surface area (Å²) in [6.07, 6.45) is 12.1. The van der Waals surface area contributed by atoms with Crippen molar-refractivity contribution in [3.05, 3.63) is 228 Å². The highest BCUT2D eigenvalue weighted by Crippen LogP contribution is 2.35. The van der Waals surface area contributed by atoms with E-state index in [1.165, 1.54) is 33.4 Å².